The Kier molecular flexibility index (Phi) is 4.59. The maximum absolute atomic E-state index is 12.6. The van der Waals surface area contributed by atoms with Crippen molar-refractivity contribution in [2.45, 2.75) is 4.90 Å². The standard InChI is InChI=1S/C14H15IN4O2S/c15-12-1-3-13(4-2-12)22(20,21)19-9-7-18(8-10-19)14-11-16-5-6-17-14/h1-6,11H,7-10H2. The summed E-state index contributed by atoms with van der Waals surface area (Å²) < 4.78 is 27.8. The van der Waals surface area contributed by atoms with E-state index in [4.69, 9.17) is 0 Å². The van der Waals surface area contributed by atoms with Crippen LogP contribution in [0.3, 0.4) is 0 Å². The first-order chi connectivity index (χ1) is 10.6. The van der Waals surface area contributed by atoms with Gasteiger partial charge in [-0.3, -0.25) is 4.98 Å². The summed E-state index contributed by atoms with van der Waals surface area (Å²) in [7, 11) is -3.42. The lowest BCUT2D eigenvalue weighted by Gasteiger charge is -2.34. The molecule has 6 nitrogen and oxygen atoms in total. The van der Waals surface area contributed by atoms with E-state index in [-0.39, 0.29) is 0 Å². The monoisotopic (exact) mass is 430 g/mol. The maximum Gasteiger partial charge on any atom is 0.243 e. The van der Waals surface area contributed by atoms with Crippen LogP contribution in [-0.2, 0) is 10.0 Å². The van der Waals surface area contributed by atoms with Crippen LogP contribution in [0.5, 0.6) is 0 Å². The second kappa shape index (κ2) is 6.47. The van der Waals surface area contributed by atoms with Crippen LogP contribution in [-0.4, -0.2) is 48.9 Å². The third-order valence-corrected chi connectivity index (χ3v) is 6.20. The summed E-state index contributed by atoms with van der Waals surface area (Å²) in [6.45, 7) is 2.13. The summed E-state index contributed by atoms with van der Waals surface area (Å²) in [4.78, 5) is 10.7. The number of anilines is 1. The first-order valence-corrected chi connectivity index (χ1v) is 9.36. The van der Waals surface area contributed by atoms with Crippen molar-refractivity contribution in [1.82, 2.24) is 14.3 Å². The second-order valence-corrected chi connectivity index (χ2v) is 8.09. The van der Waals surface area contributed by atoms with Crippen molar-refractivity contribution in [1.29, 1.82) is 0 Å². The van der Waals surface area contributed by atoms with Crippen molar-refractivity contribution in [3.63, 3.8) is 0 Å². The van der Waals surface area contributed by atoms with Crippen LogP contribution < -0.4 is 4.90 Å². The van der Waals surface area contributed by atoms with Crippen molar-refractivity contribution < 1.29 is 8.42 Å². The molecule has 1 aromatic carbocycles. The Morgan fingerprint density at radius 2 is 1.68 bits per heavy atom. The number of hydrogen-bond acceptors (Lipinski definition) is 5. The molecule has 0 aliphatic carbocycles. The van der Waals surface area contributed by atoms with E-state index in [1.165, 1.54) is 4.31 Å². The summed E-state index contributed by atoms with van der Waals surface area (Å²) in [6.07, 6.45) is 4.97. The number of aromatic nitrogens is 2. The van der Waals surface area contributed by atoms with Gasteiger partial charge in [0.1, 0.15) is 5.82 Å². The minimum atomic E-state index is -3.42. The zero-order chi connectivity index (χ0) is 15.6. The number of piperazine rings is 1. The Balaban J connectivity index is 1.72. The Hall–Kier alpha value is -1.26. The van der Waals surface area contributed by atoms with Crippen LogP contribution in [0.2, 0.25) is 0 Å². The zero-order valence-electron chi connectivity index (χ0n) is 11.8. The molecule has 0 atom stereocenters. The van der Waals surface area contributed by atoms with Gasteiger partial charge in [0.2, 0.25) is 10.0 Å². The van der Waals surface area contributed by atoms with E-state index in [1.54, 1.807) is 30.7 Å². The molecule has 2 heterocycles. The van der Waals surface area contributed by atoms with Crippen molar-refractivity contribution in [2.75, 3.05) is 31.1 Å². The van der Waals surface area contributed by atoms with E-state index in [0.717, 1.165) is 9.39 Å². The molecule has 0 spiro atoms. The SMILES string of the molecule is O=S(=O)(c1ccc(I)cc1)N1CCN(c2cnccn2)CC1. The van der Waals surface area contributed by atoms with Gasteiger partial charge in [-0.2, -0.15) is 4.31 Å². The van der Waals surface area contributed by atoms with Gasteiger partial charge in [0.05, 0.1) is 11.1 Å². The highest BCUT2D eigenvalue weighted by atomic mass is 127. The lowest BCUT2D eigenvalue weighted by molar-refractivity contribution is 0.383. The Morgan fingerprint density at radius 1 is 1.00 bits per heavy atom. The molecule has 3 rings (SSSR count). The number of halogens is 1. The summed E-state index contributed by atoms with van der Waals surface area (Å²) in [5.74, 6) is 0.786. The van der Waals surface area contributed by atoms with Crippen LogP contribution in [0.25, 0.3) is 0 Å². The number of nitrogens with zero attached hydrogens (tertiary/aromatic N) is 4. The van der Waals surface area contributed by atoms with Gasteiger partial charge in [-0.25, -0.2) is 13.4 Å². The Bertz CT molecular complexity index is 729. The summed E-state index contributed by atoms with van der Waals surface area (Å²) in [6, 6.07) is 6.94. The van der Waals surface area contributed by atoms with Gasteiger partial charge >= 0.3 is 0 Å². The minimum absolute atomic E-state index is 0.348. The smallest absolute Gasteiger partial charge is 0.243 e. The lowest BCUT2D eigenvalue weighted by Crippen LogP contribution is -2.48. The molecule has 2 aromatic rings. The maximum atomic E-state index is 12.6. The molecule has 1 aliphatic heterocycles. The van der Waals surface area contributed by atoms with Gasteiger partial charge in [-0.1, -0.05) is 0 Å². The van der Waals surface area contributed by atoms with Crippen LogP contribution in [0.15, 0.2) is 47.8 Å². The quantitative estimate of drug-likeness (QED) is 0.693. The van der Waals surface area contributed by atoms with E-state index < -0.39 is 10.0 Å². The van der Waals surface area contributed by atoms with Crippen LogP contribution in [0.4, 0.5) is 5.82 Å². The van der Waals surface area contributed by atoms with Gasteiger partial charge in [0.25, 0.3) is 0 Å². The van der Waals surface area contributed by atoms with E-state index in [9.17, 15) is 8.42 Å². The van der Waals surface area contributed by atoms with Gasteiger partial charge in [-0.05, 0) is 46.9 Å². The number of hydrogen-bond donors (Lipinski definition) is 0. The average molecular weight is 430 g/mol. The molecule has 0 saturated carbocycles. The fraction of sp³-hybridized carbons (Fsp3) is 0.286. The third kappa shape index (κ3) is 3.23. The van der Waals surface area contributed by atoms with E-state index >= 15 is 0 Å². The number of rotatable bonds is 3. The van der Waals surface area contributed by atoms with Gasteiger partial charge < -0.3 is 4.90 Å². The van der Waals surface area contributed by atoms with Gasteiger partial charge in [-0.15, -0.1) is 0 Å². The Morgan fingerprint density at radius 3 is 2.27 bits per heavy atom. The molecule has 22 heavy (non-hydrogen) atoms. The van der Waals surface area contributed by atoms with Crippen molar-refractivity contribution in [2.24, 2.45) is 0 Å². The lowest BCUT2D eigenvalue weighted by atomic mass is 10.3. The van der Waals surface area contributed by atoms with E-state index in [0.29, 0.717) is 31.1 Å². The fourth-order valence-electron chi connectivity index (χ4n) is 2.37. The van der Waals surface area contributed by atoms with Crippen LogP contribution in [0, 0.1) is 3.57 Å². The molecule has 1 aliphatic rings. The largest absolute Gasteiger partial charge is 0.353 e. The molecule has 116 valence electrons. The first kappa shape index (κ1) is 15.6. The molecular formula is C14H15IN4O2S. The highest BCUT2D eigenvalue weighted by molar-refractivity contribution is 14.1. The highest BCUT2D eigenvalue weighted by Crippen LogP contribution is 2.20. The summed E-state index contributed by atoms with van der Waals surface area (Å²) in [5.41, 5.74) is 0. The molecule has 1 fully saturated rings. The number of sulfonamides is 1. The molecule has 0 amide bonds. The predicted molar refractivity (Wildman–Crippen MR) is 92.2 cm³/mol. The fourth-order valence-corrected chi connectivity index (χ4v) is 4.15. The Labute approximate surface area is 143 Å². The molecule has 1 saturated heterocycles. The van der Waals surface area contributed by atoms with E-state index in [2.05, 4.69) is 32.6 Å². The van der Waals surface area contributed by atoms with Crippen molar-refractivity contribution in [3.05, 3.63) is 46.4 Å². The molecule has 0 radical (unpaired) electrons. The minimum Gasteiger partial charge on any atom is -0.353 e. The van der Waals surface area contributed by atoms with Gasteiger partial charge in [0.15, 0.2) is 0 Å². The zero-order valence-corrected chi connectivity index (χ0v) is 14.7. The third-order valence-electron chi connectivity index (χ3n) is 3.56. The van der Waals surface area contributed by atoms with Gasteiger partial charge in [0, 0.05) is 42.1 Å². The van der Waals surface area contributed by atoms with Crippen molar-refractivity contribution in [3.8, 4) is 0 Å². The molecule has 0 bridgehead atoms. The predicted octanol–water partition coefficient (Wildman–Crippen LogP) is 1.59. The molecule has 0 unspecified atom stereocenters. The molecule has 1 aromatic heterocycles. The van der Waals surface area contributed by atoms with Crippen LogP contribution in [0.1, 0.15) is 0 Å². The molecular weight excluding hydrogens is 415 g/mol. The topological polar surface area (TPSA) is 66.4 Å². The highest BCUT2D eigenvalue weighted by Gasteiger charge is 2.28. The van der Waals surface area contributed by atoms with Crippen LogP contribution >= 0.6 is 22.6 Å². The first-order valence-electron chi connectivity index (χ1n) is 6.84. The van der Waals surface area contributed by atoms with E-state index in [1.807, 2.05) is 17.0 Å². The summed E-state index contributed by atoms with van der Waals surface area (Å²) in [5, 5.41) is 0. The second-order valence-electron chi connectivity index (χ2n) is 4.91. The average Bonchev–Trinajstić information content (AvgIpc) is 2.56. The number of benzene rings is 1. The molecule has 8 heteroatoms. The normalized spacial score (nSPS) is 16.7. The van der Waals surface area contributed by atoms with Crippen molar-refractivity contribution >= 4 is 38.4 Å². The molecule has 0 N–H and O–H groups in total. The summed E-state index contributed by atoms with van der Waals surface area (Å²) >= 11 is 2.16.